The molecule has 0 aliphatic carbocycles. The molecule has 0 aromatic rings. The molecule has 12 heavy (non-hydrogen) atoms. The molecule has 0 aromatic carbocycles. The van der Waals surface area contributed by atoms with Crippen LogP contribution in [0.5, 0.6) is 0 Å². The Morgan fingerprint density at radius 3 is 2.33 bits per heavy atom. The topological polar surface area (TPSA) is 29.5 Å². The van der Waals surface area contributed by atoms with Crippen molar-refractivity contribution >= 4 is 0 Å². The number of hydrogen-bond acceptors (Lipinski definition) is 2. The summed E-state index contributed by atoms with van der Waals surface area (Å²) in [6.45, 7) is 10.4. The lowest BCUT2D eigenvalue weighted by Crippen LogP contribution is -2.17. The third-order valence-electron chi connectivity index (χ3n) is 1.56. The second-order valence-corrected chi connectivity index (χ2v) is 4.69. The van der Waals surface area contributed by atoms with Crippen LogP contribution in [-0.4, -0.2) is 24.9 Å². The Kier molecular flexibility index (Phi) is 5.51. The molecular formula is C10H22O2. The highest BCUT2D eigenvalue weighted by atomic mass is 16.5. The zero-order valence-corrected chi connectivity index (χ0v) is 8.76. The van der Waals surface area contributed by atoms with Gasteiger partial charge in [-0.2, -0.15) is 0 Å². The van der Waals surface area contributed by atoms with Gasteiger partial charge < -0.3 is 9.84 Å². The minimum absolute atomic E-state index is 0.249. The summed E-state index contributed by atoms with van der Waals surface area (Å²) in [6.07, 6.45) is 0.837. The van der Waals surface area contributed by atoms with Crippen LogP contribution < -0.4 is 0 Å². The first-order chi connectivity index (χ1) is 5.45. The number of aliphatic hydroxyl groups is 1. The van der Waals surface area contributed by atoms with Gasteiger partial charge in [-0.25, -0.2) is 0 Å². The van der Waals surface area contributed by atoms with Gasteiger partial charge in [-0.05, 0) is 17.8 Å². The molecule has 0 aromatic heterocycles. The van der Waals surface area contributed by atoms with E-state index in [-0.39, 0.29) is 12.0 Å². The number of ether oxygens (including phenoxy) is 1. The number of rotatable bonds is 5. The van der Waals surface area contributed by atoms with Crippen molar-refractivity contribution in [2.24, 2.45) is 11.3 Å². The molecule has 0 bridgehead atoms. The molecule has 0 saturated carbocycles. The summed E-state index contributed by atoms with van der Waals surface area (Å²) < 4.78 is 5.50. The van der Waals surface area contributed by atoms with Gasteiger partial charge in [0.25, 0.3) is 0 Å². The fourth-order valence-corrected chi connectivity index (χ4v) is 0.870. The number of aliphatic hydroxyl groups excluding tert-OH is 1. The van der Waals surface area contributed by atoms with Crippen LogP contribution >= 0.6 is 0 Å². The monoisotopic (exact) mass is 174 g/mol. The van der Waals surface area contributed by atoms with Crippen LogP contribution in [0.4, 0.5) is 0 Å². The van der Waals surface area contributed by atoms with Gasteiger partial charge in [-0.15, -0.1) is 0 Å². The Hall–Kier alpha value is -0.0800. The molecule has 0 saturated heterocycles. The molecule has 1 unspecified atom stereocenters. The van der Waals surface area contributed by atoms with Crippen molar-refractivity contribution in [2.75, 3.05) is 19.8 Å². The molecule has 0 aliphatic rings. The van der Waals surface area contributed by atoms with E-state index in [1.807, 2.05) is 0 Å². The summed E-state index contributed by atoms with van der Waals surface area (Å²) in [6, 6.07) is 0. The Bertz CT molecular complexity index is 105. The largest absolute Gasteiger partial charge is 0.396 e. The van der Waals surface area contributed by atoms with Gasteiger partial charge in [0.15, 0.2) is 0 Å². The average Bonchev–Trinajstić information content (AvgIpc) is 1.84. The lowest BCUT2D eigenvalue weighted by Gasteiger charge is -2.19. The van der Waals surface area contributed by atoms with Crippen molar-refractivity contribution in [3.63, 3.8) is 0 Å². The second-order valence-electron chi connectivity index (χ2n) is 4.69. The summed E-state index contributed by atoms with van der Waals surface area (Å²) in [5.41, 5.74) is 0.249. The zero-order chi connectivity index (χ0) is 9.61. The van der Waals surface area contributed by atoms with Crippen LogP contribution in [-0.2, 0) is 4.74 Å². The van der Waals surface area contributed by atoms with Crippen LogP contribution in [0.25, 0.3) is 0 Å². The van der Waals surface area contributed by atoms with Gasteiger partial charge >= 0.3 is 0 Å². The van der Waals surface area contributed by atoms with Crippen molar-refractivity contribution in [2.45, 2.75) is 34.1 Å². The van der Waals surface area contributed by atoms with E-state index in [0.29, 0.717) is 5.92 Å². The van der Waals surface area contributed by atoms with Crippen molar-refractivity contribution in [3.05, 3.63) is 0 Å². The summed E-state index contributed by atoms with van der Waals surface area (Å²) >= 11 is 0. The highest BCUT2D eigenvalue weighted by Crippen LogP contribution is 2.13. The quantitative estimate of drug-likeness (QED) is 0.691. The Morgan fingerprint density at radius 2 is 1.92 bits per heavy atom. The normalized spacial score (nSPS) is 14.8. The molecular weight excluding hydrogens is 152 g/mol. The lowest BCUT2D eigenvalue weighted by molar-refractivity contribution is 0.0457. The molecule has 0 heterocycles. The smallest absolute Gasteiger partial charge is 0.0514 e. The van der Waals surface area contributed by atoms with E-state index < -0.39 is 0 Å². The van der Waals surface area contributed by atoms with Crippen LogP contribution in [0.2, 0.25) is 0 Å². The minimum Gasteiger partial charge on any atom is -0.396 e. The standard InChI is InChI=1S/C10H22O2/c1-9(5-6-11)7-12-8-10(2,3)4/h9,11H,5-8H2,1-4H3. The summed E-state index contributed by atoms with van der Waals surface area (Å²) in [5, 5.41) is 8.64. The van der Waals surface area contributed by atoms with E-state index in [2.05, 4.69) is 27.7 Å². The minimum atomic E-state index is 0.249. The summed E-state index contributed by atoms with van der Waals surface area (Å²) in [7, 11) is 0. The predicted molar refractivity (Wildman–Crippen MR) is 51.1 cm³/mol. The lowest BCUT2D eigenvalue weighted by atomic mass is 9.98. The highest BCUT2D eigenvalue weighted by molar-refractivity contribution is 4.59. The van der Waals surface area contributed by atoms with E-state index in [4.69, 9.17) is 9.84 Å². The first kappa shape index (κ1) is 11.9. The summed E-state index contributed by atoms with van der Waals surface area (Å²) in [4.78, 5) is 0. The molecule has 0 fully saturated rings. The molecule has 1 atom stereocenters. The molecule has 0 aliphatic heterocycles. The average molecular weight is 174 g/mol. The molecule has 2 nitrogen and oxygen atoms in total. The third-order valence-corrected chi connectivity index (χ3v) is 1.56. The molecule has 0 amide bonds. The maximum atomic E-state index is 8.64. The van der Waals surface area contributed by atoms with E-state index >= 15 is 0 Å². The maximum Gasteiger partial charge on any atom is 0.0514 e. The molecule has 2 heteroatoms. The van der Waals surface area contributed by atoms with Crippen molar-refractivity contribution in [1.82, 2.24) is 0 Å². The van der Waals surface area contributed by atoms with Crippen LogP contribution in [0, 0.1) is 11.3 Å². The van der Waals surface area contributed by atoms with Gasteiger partial charge in [-0.3, -0.25) is 0 Å². The van der Waals surface area contributed by atoms with Gasteiger partial charge in [0, 0.05) is 13.2 Å². The molecule has 0 radical (unpaired) electrons. The van der Waals surface area contributed by atoms with Gasteiger partial charge in [-0.1, -0.05) is 27.7 Å². The van der Waals surface area contributed by atoms with E-state index in [1.165, 1.54) is 0 Å². The van der Waals surface area contributed by atoms with Crippen molar-refractivity contribution in [3.8, 4) is 0 Å². The maximum absolute atomic E-state index is 8.64. The predicted octanol–water partition coefficient (Wildman–Crippen LogP) is 2.07. The van der Waals surface area contributed by atoms with Crippen molar-refractivity contribution in [1.29, 1.82) is 0 Å². The fraction of sp³-hybridized carbons (Fsp3) is 1.00. The molecule has 0 spiro atoms. The number of hydrogen-bond donors (Lipinski definition) is 1. The van der Waals surface area contributed by atoms with Gasteiger partial charge in [0.1, 0.15) is 0 Å². The van der Waals surface area contributed by atoms with Crippen molar-refractivity contribution < 1.29 is 9.84 Å². The molecule has 74 valence electrons. The van der Waals surface area contributed by atoms with Crippen LogP contribution in [0.1, 0.15) is 34.1 Å². The van der Waals surface area contributed by atoms with Crippen LogP contribution in [0.15, 0.2) is 0 Å². The zero-order valence-electron chi connectivity index (χ0n) is 8.76. The van der Waals surface area contributed by atoms with Crippen LogP contribution in [0.3, 0.4) is 0 Å². The van der Waals surface area contributed by atoms with E-state index in [9.17, 15) is 0 Å². The Balaban J connectivity index is 3.31. The first-order valence-electron chi connectivity index (χ1n) is 4.64. The van der Waals surface area contributed by atoms with E-state index in [1.54, 1.807) is 0 Å². The van der Waals surface area contributed by atoms with Gasteiger partial charge in [0.2, 0.25) is 0 Å². The second kappa shape index (κ2) is 5.55. The van der Waals surface area contributed by atoms with E-state index in [0.717, 1.165) is 19.6 Å². The summed E-state index contributed by atoms with van der Waals surface area (Å²) in [5.74, 6) is 0.470. The Morgan fingerprint density at radius 1 is 1.33 bits per heavy atom. The van der Waals surface area contributed by atoms with Gasteiger partial charge in [0.05, 0.1) is 6.61 Å². The first-order valence-corrected chi connectivity index (χ1v) is 4.64. The fourth-order valence-electron chi connectivity index (χ4n) is 0.870. The highest BCUT2D eigenvalue weighted by Gasteiger charge is 2.10. The molecule has 0 rings (SSSR count). The molecule has 1 N–H and O–H groups in total. The third kappa shape index (κ3) is 8.02. The SMILES string of the molecule is CC(CCO)COCC(C)(C)C. The Labute approximate surface area is 75.9 Å².